The van der Waals surface area contributed by atoms with Crippen LogP contribution in [0, 0.1) is 11.6 Å². The summed E-state index contributed by atoms with van der Waals surface area (Å²) < 4.78 is 26.5. The summed E-state index contributed by atoms with van der Waals surface area (Å²) in [6, 6.07) is 6.45. The number of aromatic nitrogens is 1. The Morgan fingerprint density at radius 1 is 1.16 bits per heavy atom. The van der Waals surface area contributed by atoms with E-state index in [-0.39, 0.29) is 5.56 Å². The highest BCUT2D eigenvalue weighted by molar-refractivity contribution is 5.94. The number of carbonyl (C=O) groups is 1. The average molecular weight is 261 g/mol. The predicted octanol–water partition coefficient (Wildman–Crippen LogP) is 2.12. The highest BCUT2D eigenvalue weighted by atomic mass is 19.1. The largest absolute Gasteiger partial charge is 0.271 e. The van der Waals surface area contributed by atoms with E-state index < -0.39 is 17.5 Å². The molecule has 19 heavy (non-hydrogen) atoms. The first-order valence-corrected chi connectivity index (χ1v) is 5.36. The van der Waals surface area contributed by atoms with Gasteiger partial charge in [0.1, 0.15) is 11.6 Å². The van der Waals surface area contributed by atoms with Crippen molar-refractivity contribution in [2.75, 3.05) is 0 Å². The molecular formula is C13H9F2N3O. The lowest BCUT2D eigenvalue weighted by Gasteiger charge is -2.00. The molecule has 0 fully saturated rings. The molecule has 1 heterocycles. The minimum absolute atomic E-state index is 0.308. The van der Waals surface area contributed by atoms with Crippen LogP contribution in [0.1, 0.15) is 15.9 Å². The van der Waals surface area contributed by atoms with E-state index in [9.17, 15) is 13.6 Å². The van der Waals surface area contributed by atoms with Crippen LogP contribution >= 0.6 is 0 Å². The molecule has 0 aliphatic carbocycles. The first-order chi connectivity index (χ1) is 9.18. The van der Waals surface area contributed by atoms with Gasteiger partial charge in [0.2, 0.25) is 0 Å². The third kappa shape index (κ3) is 3.19. The van der Waals surface area contributed by atoms with Crippen molar-refractivity contribution in [3.05, 3.63) is 65.5 Å². The van der Waals surface area contributed by atoms with Crippen molar-refractivity contribution >= 4 is 12.1 Å². The van der Waals surface area contributed by atoms with Gasteiger partial charge in [-0.2, -0.15) is 5.10 Å². The topological polar surface area (TPSA) is 54.4 Å². The second kappa shape index (κ2) is 5.81. The van der Waals surface area contributed by atoms with Gasteiger partial charge in [0.15, 0.2) is 0 Å². The Bertz CT molecular complexity index is 594. The molecule has 0 aliphatic heterocycles. The Morgan fingerprint density at radius 3 is 2.42 bits per heavy atom. The fourth-order valence-electron chi connectivity index (χ4n) is 1.36. The van der Waals surface area contributed by atoms with Gasteiger partial charge in [-0.15, -0.1) is 0 Å². The van der Waals surface area contributed by atoms with E-state index >= 15 is 0 Å². The van der Waals surface area contributed by atoms with Crippen molar-refractivity contribution in [2.45, 2.75) is 0 Å². The molecule has 4 nitrogen and oxygen atoms in total. The number of benzene rings is 1. The molecule has 0 saturated heterocycles. The maximum atomic E-state index is 13.2. The third-order valence-corrected chi connectivity index (χ3v) is 2.30. The molecule has 0 saturated carbocycles. The molecule has 0 unspecified atom stereocenters. The normalized spacial score (nSPS) is 10.6. The van der Waals surface area contributed by atoms with Gasteiger partial charge in [0, 0.05) is 18.0 Å². The standard InChI is InChI=1S/C13H9F2N3O/c14-11-2-1-3-12(15)10(11)8-17-18-13(19)9-4-6-16-7-5-9/h1-8H,(H,18,19)/b17-8-. The lowest BCUT2D eigenvalue weighted by atomic mass is 10.2. The molecule has 0 spiro atoms. The molecule has 2 rings (SSSR count). The van der Waals surface area contributed by atoms with Gasteiger partial charge in [-0.3, -0.25) is 9.78 Å². The van der Waals surface area contributed by atoms with E-state index in [0.717, 1.165) is 18.3 Å². The molecule has 2 aromatic rings. The van der Waals surface area contributed by atoms with Crippen LogP contribution in [0.3, 0.4) is 0 Å². The Balaban J connectivity index is 2.07. The second-order valence-electron chi connectivity index (χ2n) is 3.57. The zero-order chi connectivity index (χ0) is 13.7. The predicted molar refractivity (Wildman–Crippen MR) is 65.7 cm³/mol. The van der Waals surface area contributed by atoms with Gasteiger partial charge in [-0.25, -0.2) is 14.2 Å². The minimum atomic E-state index is -0.748. The van der Waals surface area contributed by atoms with Gasteiger partial charge < -0.3 is 0 Å². The Hall–Kier alpha value is -2.63. The van der Waals surface area contributed by atoms with E-state index in [2.05, 4.69) is 15.5 Å². The summed E-state index contributed by atoms with van der Waals surface area (Å²) in [5, 5.41) is 3.51. The number of rotatable bonds is 3. The number of nitrogens with zero attached hydrogens (tertiary/aromatic N) is 2. The van der Waals surface area contributed by atoms with E-state index in [4.69, 9.17) is 0 Å². The van der Waals surface area contributed by atoms with E-state index in [1.54, 1.807) is 0 Å². The van der Waals surface area contributed by atoms with Crippen molar-refractivity contribution in [1.82, 2.24) is 10.4 Å². The van der Waals surface area contributed by atoms with Crippen molar-refractivity contribution < 1.29 is 13.6 Å². The smallest absolute Gasteiger partial charge is 0.267 e. The first kappa shape index (κ1) is 12.8. The van der Waals surface area contributed by atoms with Crippen LogP contribution in [0.25, 0.3) is 0 Å². The summed E-state index contributed by atoms with van der Waals surface area (Å²) in [6.45, 7) is 0. The van der Waals surface area contributed by atoms with Gasteiger partial charge in [0.25, 0.3) is 5.91 Å². The lowest BCUT2D eigenvalue weighted by molar-refractivity contribution is 0.0955. The van der Waals surface area contributed by atoms with Crippen LogP contribution in [-0.2, 0) is 0 Å². The monoisotopic (exact) mass is 261 g/mol. The van der Waals surface area contributed by atoms with Crippen molar-refractivity contribution in [3.63, 3.8) is 0 Å². The molecular weight excluding hydrogens is 252 g/mol. The lowest BCUT2D eigenvalue weighted by Crippen LogP contribution is -2.17. The zero-order valence-corrected chi connectivity index (χ0v) is 9.68. The molecule has 1 N–H and O–H groups in total. The fourth-order valence-corrected chi connectivity index (χ4v) is 1.36. The van der Waals surface area contributed by atoms with Gasteiger partial charge in [0.05, 0.1) is 11.8 Å². The van der Waals surface area contributed by atoms with Crippen LogP contribution in [-0.4, -0.2) is 17.1 Å². The summed E-state index contributed by atoms with van der Waals surface area (Å²) in [6.07, 6.45) is 3.83. The molecule has 1 aromatic heterocycles. The maximum absolute atomic E-state index is 13.2. The second-order valence-corrected chi connectivity index (χ2v) is 3.57. The van der Waals surface area contributed by atoms with Crippen molar-refractivity contribution in [2.24, 2.45) is 5.10 Å². The highest BCUT2D eigenvalue weighted by Crippen LogP contribution is 2.08. The number of nitrogens with one attached hydrogen (secondary N) is 1. The van der Waals surface area contributed by atoms with Gasteiger partial charge in [-0.05, 0) is 24.3 Å². The summed E-state index contributed by atoms with van der Waals surface area (Å²) in [5.41, 5.74) is 2.21. The molecule has 1 aromatic carbocycles. The zero-order valence-electron chi connectivity index (χ0n) is 9.68. The Morgan fingerprint density at radius 2 is 1.79 bits per heavy atom. The molecule has 6 heteroatoms. The first-order valence-electron chi connectivity index (χ1n) is 5.36. The Kier molecular flexibility index (Phi) is 3.92. The van der Waals surface area contributed by atoms with Crippen LogP contribution in [0.4, 0.5) is 8.78 Å². The number of hydrogen-bond acceptors (Lipinski definition) is 3. The SMILES string of the molecule is O=C(N/N=C\c1c(F)cccc1F)c1ccncc1. The molecule has 0 radical (unpaired) electrons. The van der Waals surface area contributed by atoms with Crippen molar-refractivity contribution in [1.29, 1.82) is 0 Å². The average Bonchev–Trinajstić information content (AvgIpc) is 2.43. The fraction of sp³-hybridized carbons (Fsp3) is 0. The van der Waals surface area contributed by atoms with Gasteiger partial charge >= 0.3 is 0 Å². The summed E-state index contributed by atoms with van der Waals surface area (Å²) >= 11 is 0. The number of halogens is 2. The quantitative estimate of drug-likeness (QED) is 0.679. The molecule has 0 bridgehead atoms. The molecule has 0 aliphatic rings. The van der Waals surface area contributed by atoms with Crippen LogP contribution in [0.5, 0.6) is 0 Å². The van der Waals surface area contributed by atoms with E-state index in [1.807, 2.05) is 0 Å². The Labute approximate surface area is 107 Å². The number of amides is 1. The number of pyridine rings is 1. The summed E-state index contributed by atoms with van der Waals surface area (Å²) in [7, 11) is 0. The van der Waals surface area contributed by atoms with Crippen LogP contribution < -0.4 is 5.43 Å². The molecule has 1 amide bonds. The number of carbonyl (C=O) groups excluding carboxylic acids is 1. The maximum Gasteiger partial charge on any atom is 0.271 e. The minimum Gasteiger partial charge on any atom is -0.267 e. The number of hydrazone groups is 1. The van der Waals surface area contributed by atoms with E-state index in [0.29, 0.717) is 5.56 Å². The highest BCUT2D eigenvalue weighted by Gasteiger charge is 2.06. The van der Waals surface area contributed by atoms with E-state index in [1.165, 1.54) is 30.6 Å². The van der Waals surface area contributed by atoms with Crippen LogP contribution in [0.15, 0.2) is 47.8 Å². The van der Waals surface area contributed by atoms with Crippen molar-refractivity contribution in [3.8, 4) is 0 Å². The molecule has 0 atom stereocenters. The number of hydrogen-bond donors (Lipinski definition) is 1. The molecule has 96 valence electrons. The van der Waals surface area contributed by atoms with Gasteiger partial charge in [-0.1, -0.05) is 6.07 Å². The summed E-state index contributed by atoms with van der Waals surface area (Å²) in [5.74, 6) is -1.99. The summed E-state index contributed by atoms with van der Waals surface area (Å²) in [4.78, 5) is 15.3. The third-order valence-electron chi connectivity index (χ3n) is 2.30. The van der Waals surface area contributed by atoms with Crippen LogP contribution in [0.2, 0.25) is 0 Å².